The minimum Gasteiger partial charge on any atom is -0.477 e. The molecule has 0 aliphatic carbocycles. The van der Waals surface area contributed by atoms with Crippen LogP contribution in [-0.4, -0.2) is 34.8 Å². The van der Waals surface area contributed by atoms with Crippen LogP contribution in [-0.2, 0) is 11.3 Å². The zero-order valence-electron chi connectivity index (χ0n) is 9.68. The molecule has 1 aliphatic heterocycles. The second-order valence-electron chi connectivity index (χ2n) is 4.42. The Morgan fingerprint density at radius 2 is 2.35 bits per heavy atom. The fourth-order valence-corrected chi connectivity index (χ4v) is 2.93. The van der Waals surface area contributed by atoms with Crippen LogP contribution >= 0.6 is 11.3 Å². The average Bonchev–Trinajstić information content (AvgIpc) is 2.72. The number of carbonyl (C=O) groups is 2. The molecule has 92 valence electrons. The topological polar surface area (TPSA) is 57.6 Å². The van der Waals surface area contributed by atoms with Crippen LogP contribution in [0.1, 0.15) is 27.9 Å². The molecule has 5 heteroatoms. The van der Waals surface area contributed by atoms with Gasteiger partial charge in [-0.2, -0.15) is 0 Å². The van der Waals surface area contributed by atoms with Crippen molar-refractivity contribution in [3.05, 3.63) is 21.9 Å². The Morgan fingerprint density at radius 1 is 1.59 bits per heavy atom. The zero-order valence-corrected chi connectivity index (χ0v) is 10.5. The van der Waals surface area contributed by atoms with Gasteiger partial charge >= 0.3 is 5.97 Å². The van der Waals surface area contributed by atoms with Gasteiger partial charge in [0, 0.05) is 36.9 Å². The number of carbonyl (C=O) groups excluding carboxylic acids is 1. The molecule has 1 atom stereocenters. The lowest BCUT2D eigenvalue weighted by Gasteiger charge is -2.29. The molecule has 1 aromatic rings. The Bertz CT molecular complexity index is 441. The number of rotatable bonds is 3. The highest BCUT2D eigenvalue weighted by atomic mass is 32.1. The van der Waals surface area contributed by atoms with Crippen molar-refractivity contribution in [2.45, 2.75) is 19.9 Å². The number of hydrogen-bond acceptors (Lipinski definition) is 4. The summed E-state index contributed by atoms with van der Waals surface area (Å²) in [5.41, 5.74) is 0. The summed E-state index contributed by atoms with van der Waals surface area (Å²) in [5.74, 6) is -0.440. The maximum atomic E-state index is 11.4. The van der Waals surface area contributed by atoms with Gasteiger partial charge in [0.25, 0.3) is 0 Å². The first-order valence-electron chi connectivity index (χ1n) is 5.63. The quantitative estimate of drug-likeness (QED) is 0.893. The summed E-state index contributed by atoms with van der Waals surface area (Å²) in [6.07, 6.45) is 0.609. The van der Waals surface area contributed by atoms with Gasteiger partial charge in [-0.15, -0.1) is 11.3 Å². The zero-order chi connectivity index (χ0) is 12.4. The molecule has 2 heterocycles. The summed E-state index contributed by atoms with van der Waals surface area (Å²) < 4.78 is 0. The number of piperidine rings is 1. The van der Waals surface area contributed by atoms with E-state index in [0.29, 0.717) is 17.1 Å². The number of thiophene rings is 1. The highest BCUT2D eigenvalue weighted by Crippen LogP contribution is 2.21. The van der Waals surface area contributed by atoms with Crippen LogP contribution in [0, 0.1) is 5.92 Å². The normalized spacial score (nSPS) is 21.7. The Hall–Kier alpha value is -1.20. The van der Waals surface area contributed by atoms with Crippen molar-refractivity contribution in [3.8, 4) is 0 Å². The molecule has 17 heavy (non-hydrogen) atoms. The van der Waals surface area contributed by atoms with Gasteiger partial charge in [-0.3, -0.25) is 9.69 Å². The Labute approximate surface area is 104 Å². The largest absolute Gasteiger partial charge is 0.477 e. The van der Waals surface area contributed by atoms with Crippen LogP contribution in [0.2, 0.25) is 0 Å². The van der Waals surface area contributed by atoms with E-state index in [1.165, 1.54) is 11.3 Å². The van der Waals surface area contributed by atoms with Gasteiger partial charge in [0.15, 0.2) is 0 Å². The Balaban J connectivity index is 1.96. The van der Waals surface area contributed by atoms with E-state index in [-0.39, 0.29) is 5.92 Å². The highest BCUT2D eigenvalue weighted by molar-refractivity contribution is 7.13. The lowest BCUT2D eigenvalue weighted by molar-refractivity contribution is -0.125. The smallest absolute Gasteiger partial charge is 0.345 e. The third kappa shape index (κ3) is 2.92. The number of likely N-dealkylation sites (tertiary alicyclic amines) is 1. The Kier molecular flexibility index (Phi) is 3.59. The number of aromatic carboxylic acids is 1. The molecule has 0 saturated carbocycles. The fourth-order valence-electron chi connectivity index (χ4n) is 2.04. The molecule has 0 amide bonds. The van der Waals surface area contributed by atoms with Gasteiger partial charge < -0.3 is 5.11 Å². The third-order valence-electron chi connectivity index (χ3n) is 3.01. The number of nitrogens with zero attached hydrogens (tertiary/aromatic N) is 1. The summed E-state index contributed by atoms with van der Waals surface area (Å²) >= 11 is 1.31. The minimum absolute atomic E-state index is 0.0997. The molecule has 4 nitrogen and oxygen atoms in total. The van der Waals surface area contributed by atoms with Crippen molar-refractivity contribution in [1.29, 1.82) is 0 Å². The molecule has 1 saturated heterocycles. The van der Waals surface area contributed by atoms with Crippen molar-refractivity contribution < 1.29 is 14.7 Å². The molecule has 1 N–H and O–H groups in total. The van der Waals surface area contributed by atoms with Gasteiger partial charge in [0.05, 0.1) is 0 Å². The van der Waals surface area contributed by atoms with Crippen molar-refractivity contribution >= 4 is 23.1 Å². The van der Waals surface area contributed by atoms with Crippen LogP contribution < -0.4 is 0 Å². The minimum atomic E-state index is -0.872. The van der Waals surface area contributed by atoms with Crippen LogP contribution in [0.3, 0.4) is 0 Å². The van der Waals surface area contributed by atoms with Crippen molar-refractivity contribution in [3.63, 3.8) is 0 Å². The SMILES string of the molecule is CC1CN(Cc2ccc(C(=O)O)s2)CCC1=O. The number of hydrogen-bond donors (Lipinski definition) is 1. The Morgan fingerprint density at radius 3 is 2.94 bits per heavy atom. The molecular formula is C12H15NO3S. The van der Waals surface area contributed by atoms with Gasteiger partial charge in [-0.25, -0.2) is 4.79 Å². The molecule has 1 unspecified atom stereocenters. The molecular weight excluding hydrogens is 238 g/mol. The summed E-state index contributed by atoms with van der Waals surface area (Å²) in [7, 11) is 0. The van der Waals surface area contributed by atoms with E-state index in [9.17, 15) is 9.59 Å². The average molecular weight is 253 g/mol. The maximum absolute atomic E-state index is 11.4. The van der Waals surface area contributed by atoms with E-state index >= 15 is 0 Å². The molecule has 1 aliphatic rings. The molecule has 1 fully saturated rings. The first-order chi connectivity index (χ1) is 8.06. The van der Waals surface area contributed by atoms with E-state index < -0.39 is 5.97 Å². The molecule has 0 spiro atoms. The van der Waals surface area contributed by atoms with Crippen LogP contribution in [0.25, 0.3) is 0 Å². The van der Waals surface area contributed by atoms with Crippen molar-refractivity contribution in [2.75, 3.05) is 13.1 Å². The standard InChI is InChI=1S/C12H15NO3S/c1-8-6-13(5-4-10(8)14)7-9-2-3-11(17-9)12(15)16/h2-3,8H,4-7H2,1H3,(H,15,16). The predicted molar refractivity (Wildman–Crippen MR) is 65.3 cm³/mol. The number of ketones is 1. The molecule has 0 aromatic carbocycles. The number of carboxylic acids is 1. The van der Waals surface area contributed by atoms with E-state index in [1.54, 1.807) is 6.07 Å². The monoisotopic (exact) mass is 253 g/mol. The molecule has 0 radical (unpaired) electrons. The highest BCUT2D eigenvalue weighted by Gasteiger charge is 2.23. The maximum Gasteiger partial charge on any atom is 0.345 e. The molecule has 2 rings (SSSR count). The molecule has 1 aromatic heterocycles. The number of carboxylic acid groups (broad SMARTS) is 1. The lowest BCUT2D eigenvalue weighted by atomic mass is 9.99. The van der Waals surface area contributed by atoms with Gasteiger partial charge in [-0.05, 0) is 12.1 Å². The van der Waals surface area contributed by atoms with Crippen LogP contribution in [0.4, 0.5) is 0 Å². The fraction of sp³-hybridized carbons (Fsp3) is 0.500. The number of Topliss-reactive ketones (excluding diaryl/α,β-unsaturated/α-hetero) is 1. The first-order valence-corrected chi connectivity index (χ1v) is 6.45. The van der Waals surface area contributed by atoms with Crippen LogP contribution in [0.15, 0.2) is 12.1 Å². The second kappa shape index (κ2) is 4.98. The van der Waals surface area contributed by atoms with E-state index in [4.69, 9.17) is 5.11 Å². The molecule has 0 bridgehead atoms. The summed E-state index contributed by atoms with van der Waals surface area (Å²) in [4.78, 5) is 25.8. The van der Waals surface area contributed by atoms with E-state index in [0.717, 1.165) is 24.5 Å². The van der Waals surface area contributed by atoms with E-state index in [1.807, 2.05) is 13.0 Å². The van der Waals surface area contributed by atoms with E-state index in [2.05, 4.69) is 4.90 Å². The van der Waals surface area contributed by atoms with Crippen molar-refractivity contribution in [2.24, 2.45) is 5.92 Å². The lowest BCUT2D eigenvalue weighted by Crippen LogP contribution is -2.38. The van der Waals surface area contributed by atoms with Gasteiger partial charge in [-0.1, -0.05) is 6.92 Å². The predicted octanol–water partition coefficient (Wildman–Crippen LogP) is 1.86. The third-order valence-corrected chi connectivity index (χ3v) is 4.07. The van der Waals surface area contributed by atoms with Gasteiger partial charge in [0.1, 0.15) is 10.7 Å². The first kappa shape index (κ1) is 12.3. The second-order valence-corrected chi connectivity index (χ2v) is 5.59. The van der Waals surface area contributed by atoms with Crippen LogP contribution in [0.5, 0.6) is 0 Å². The summed E-state index contributed by atoms with van der Waals surface area (Å²) in [5, 5.41) is 8.83. The summed E-state index contributed by atoms with van der Waals surface area (Å²) in [6, 6.07) is 3.50. The van der Waals surface area contributed by atoms with Crippen molar-refractivity contribution in [1.82, 2.24) is 4.90 Å². The van der Waals surface area contributed by atoms with Gasteiger partial charge in [0.2, 0.25) is 0 Å². The summed E-state index contributed by atoms with van der Waals surface area (Å²) in [6.45, 7) is 4.25.